The molecule has 0 spiro atoms. The van der Waals surface area contributed by atoms with Crippen molar-refractivity contribution >= 4 is 74.7 Å². The van der Waals surface area contributed by atoms with Gasteiger partial charge in [0.2, 0.25) is 0 Å². The number of para-hydroxylation sites is 1. The number of hydrogen-bond donors (Lipinski definition) is 5. The highest BCUT2D eigenvalue weighted by molar-refractivity contribution is 7.08. The summed E-state index contributed by atoms with van der Waals surface area (Å²) in [6.45, 7) is 27.2. The van der Waals surface area contributed by atoms with Gasteiger partial charge in [-0.3, -0.25) is 34.0 Å². The van der Waals surface area contributed by atoms with Crippen LogP contribution in [-0.2, 0) is 0 Å². The van der Waals surface area contributed by atoms with Gasteiger partial charge in [-0.05, 0) is 67.5 Å². The van der Waals surface area contributed by atoms with Crippen LogP contribution in [0.1, 0.15) is 78.1 Å². The summed E-state index contributed by atoms with van der Waals surface area (Å²) >= 11 is 1.57. The van der Waals surface area contributed by atoms with Crippen molar-refractivity contribution in [3.05, 3.63) is 117 Å². The number of benzene rings is 1. The molecular weight excluding hydrogens is 759 g/mol. The molecule has 7 heterocycles. The minimum atomic E-state index is -0.426. The maximum absolute atomic E-state index is 11.8. The van der Waals surface area contributed by atoms with Crippen LogP contribution in [0.25, 0.3) is 28.3 Å². The molecule has 0 fully saturated rings. The molecule has 0 bridgehead atoms. The molecule has 3 aliphatic heterocycles. The average molecular weight is 808 g/mol. The van der Waals surface area contributed by atoms with Crippen LogP contribution in [0.3, 0.4) is 0 Å². The maximum Gasteiger partial charge on any atom is 0.330 e. The number of carbonyl (C=O) groups is 3. The van der Waals surface area contributed by atoms with Gasteiger partial charge in [-0.15, -0.1) is 11.3 Å². The Morgan fingerprint density at radius 1 is 0.621 bits per heavy atom. The van der Waals surface area contributed by atoms with E-state index in [-0.39, 0.29) is 47.8 Å². The Morgan fingerprint density at radius 3 is 1.71 bits per heavy atom. The van der Waals surface area contributed by atoms with Crippen molar-refractivity contribution in [2.45, 2.75) is 79.6 Å². The molecule has 58 heavy (non-hydrogen) atoms. The Kier molecular flexibility index (Phi) is 12.9. The lowest BCUT2D eigenvalue weighted by Gasteiger charge is -2.34. The van der Waals surface area contributed by atoms with Gasteiger partial charge in [0, 0.05) is 81.1 Å². The molecule has 6 amide bonds. The molecule has 0 atom stereocenters. The second-order valence-corrected chi connectivity index (χ2v) is 15.3. The number of rotatable bonds is 4. The van der Waals surface area contributed by atoms with Crippen molar-refractivity contribution in [2.24, 2.45) is 0 Å². The predicted molar refractivity (Wildman–Crippen MR) is 231 cm³/mol. The number of fused-ring (bicyclic) bond motifs is 4. The first-order chi connectivity index (χ1) is 27.4. The summed E-state index contributed by atoms with van der Waals surface area (Å²) in [7, 11) is 0. The Labute approximate surface area is 340 Å². The van der Waals surface area contributed by atoms with Crippen LogP contribution >= 0.6 is 11.3 Å². The topological polar surface area (TPSA) is 193 Å². The normalized spacial score (nSPS) is 14.4. The van der Waals surface area contributed by atoms with E-state index in [9.17, 15) is 24.0 Å². The number of anilines is 3. The van der Waals surface area contributed by atoms with E-state index in [0.717, 1.165) is 49.7 Å². The molecule has 0 saturated heterocycles. The second-order valence-electron chi connectivity index (χ2n) is 14.5. The van der Waals surface area contributed by atoms with E-state index in [2.05, 4.69) is 55.6 Å². The van der Waals surface area contributed by atoms with Crippen molar-refractivity contribution in [1.29, 1.82) is 0 Å². The molecule has 8 rings (SSSR count). The standard InChI is InChI=1S/C12H14N2O.C11H13N3O.C10H12N2OS.C8H10N4O2/c1-8(2)14-9(3)10-6-4-5-7-11(10)13-12(14)15;1-7(2)14-8(3)9-6-12-5-4-10(9)13-11(14)15;1-6(2)12-7(3)8-4-14-5-9(8)11-10(12)13;1-4(2)12-7(13)5-6(10-3-9-5)11-8(12)14/h4-8H,3H2,1-2H3,(H,13,15);4-7H,3H2,1-2H3,(H,13,15);4-6H,3H2,1-2H3,(H,11,13);3-4H,1-2H3,(H,9,10)(H,11,14). The lowest BCUT2D eigenvalue weighted by atomic mass is 10.1. The van der Waals surface area contributed by atoms with E-state index < -0.39 is 5.69 Å². The summed E-state index contributed by atoms with van der Waals surface area (Å²) in [5.74, 6) is 0. The lowest BCUT2D eigenvalue weighted by molar-refractivity contribution is 0.221. The molecular formula is C41H49N11O5S. The number of pyridine rings is 1. The van der Waals surface area contributed by atoms with Crippen LogP contribution < -0.4 is 27.2 Å². The van der Waals surface area contributed by atoms with Crippen LogP contribution in [0.4, 0.5) is 31.4 Å². The smallest absolute Gasteiger partial charge is 0.330 e. The van der Waals surface area contributed by atoms with Crippen molar-refractivity contribution in [3.63, 3.8) is 0 Å². The van der Waals surface area contributed by atoms with Gasteiger partial charge in [-0.25, -0.2) is 24.2 Å². The van der Waals surface area contributed by atoms with Crippen LogP contribution in [0, 0.1) is 0 Å². The van der Waals surface area contributed by atoms with Gasteiger partial charge in [0.05, 0.1) is 23.4 Å². The van der Waals surface area contributed by atoms with Gasteiger partial charge in [0.1, 0.15) is 5.52 Å². The zero-order valence-corrected chi connectivity index (χ0v) is 34.7. The van der Waals surface area contributed by atoms with Gasteiger partial charge in [0.25, 0.3) is 5.56 Å². The molecule has 3 aliphatic rings. The molecule has 17 heteroatoms. The SMILES string of the molecule is C=C1c2ccccc2NC(=O)N1C(C)C.C=C1c2cnccc2NC(=O)N1C(C)C.C=C1c2cscc2NC(=O)N1C(C)C.CC(C)n1c(=O)[nH]c2nc[nH]c2c1=O. The number of hydrogen-bond acceptors (Lipinski definition) is 8. The number of thiophene rings is 1. The van der Waals surface area contributed by atoms with Crippen molar-refractivity contribution < 1.29 is 14.4 Å². The molecule has 5 aromatic rings. The van der Waals surface area contributed by atoms with E-state index in [0.29, 0.717) is 16.9 Å². The zero-order valence-electron chi connectivity index (χ0n) is 33.8. The fraction of sp³-hybridized carbons (Fsp3) is 0.293. The number of H-pyrrole nitrogens is 2. The number of imidazole rings is 1. The summed E-state index contributed by atoms with van der Waals surface area (Å²) in [5.41, 5.74) is 7.53. The van der Waals surface area contributed by atoms with Gasteiger partial charge >= 0.3 is 23.8 Å². The van der Waals surface area contributed by atoms with Gasteiger partial charge < -0.3 is 20.9 Å². The monoisotopic (exact) mass is 807 g/mol. The van der Waals surface area contributed by atoms with Crippen molar-refractivity contribution in [1.82, 2.24) is 39.2 Å². The van der Waals surface area contributed by atoms with Crippen LogP contribution in [-0.4, -0.2) is 75.4 Å². The minimum absolute atomic E-state index is 0.0871. The van der Waals surface area contributed by atoms with E-state index in [1.807, 2.05) is 76.6 Å². The van der Waals surface area contributed by atoms with Gasteiger partial charge in [-0.2, -0.15) is 0 Å². The van der Waals surface area contributed by atoms with E-state index in [1.54, 1.807) is 58.3 Å². The largest absolute Gasteiger partial charge is 0.339 e. The fourth-order valence-corrected chi connectivity index (χ4v) is 7.30. The second kappa shape index (κ2) is 17.6. The summed E-state index contributed by atoms with van der Waals surface area (Å²) in [6.07, 6.45) is 4.75. The van der Waals surface area contributed by atoms with E-state index in [1.165, 1.54) is 6.33 Å². The molecule has 16 nitrogen and oxygen atoms in total. The molecule has 5 N–H and O–H groups in total. The third-order valence-corrected chi connectivity index (χ3v) is 9.92. The predicted octanol–water partition coefficient (Wildman–Crippen LogP) is 8.19. The van der Waals surface area contributed by atoms with Crippen molar-refractivity contribution in [3.8, 4) is 0 Å². The molecule has 0 radical (unpaired) electrons. The Bertz CT molecular complexity index is 2430. The highest BCUT2D eigenvalue weighted by atomic mass is 32.1. The van der Waals surface area contributed by atoms with Crippen LogP contribution in [0.5, 0.6) is 0 Å². The average Bonchev–Trinajstić information content (AvgIpc) is 3.82. The molecule has 4 aromatic heterocycles. The number of aromatic nitrogens is 5. The third-order valence-electron chi connectivity index (χ3n) is 9.18. The molecule has 1 aromatic carbocycles. The highest BCUT2D eigenvalue weighted by Gasteiger charge is 2.30. The number of urea groups is 3. The van der Waals surface area contributed by atoms with E-state index in [4.69, 9.17) is 0 Å². The third kappa shape index (κ3) is 8.63. The Morgan fingerprint density at radius 2 is 1.14 bits per heavy atom. The summed E-state index contributed by atoms with van der Waals surface area (Å²) in [4.78, 5) is 76.4. The first kappa shape index (κ1) is 42.4. The van der Waals surface area contributed by atoms with Gasteiger partial charge in [-0.1, -0.05) is 37.9 Å². The number of nitrogens with one attached hydrogen (secondary N) is 5. The number of carbonyl (C=O) groups excluding carboxylic acids is 3. The van der Waals surface area contributed by atoms with Crippen LogP contribution in [0.2, 0.25) is 0 Å². The first-order valence-corrected chi connectivity index (χ1v) is 19.5. The lowest BCUT2D eigenvalue weighted by Crippen LogP contribution is -2.41. The summed E-state index contributed by atoms with van der Waals surface area (Å²) < 4.78 is 1.15. The minimum Gasteiger partial charge on any atom is -0.339 e. The van der Waals surface area contributed by atoms with E-state index >= 15 is 0 Å². The van der Waals surface area contributed by atoms with Crippen LogP contribution in [0.15, 0.2) is 89.1 Å². The first-order valence-electron chi connectivity index (χ1n) is 18.6. The summed E-state index contributed by atoms with van der Waals surface area (Å²) in [6, 6.07) is 9.32. The number of aromatic amines is 2. The van der Waals surface area contributed by atoms with Crippen molar-refractivity contribution in [2.75, 3.05) is 16.0 Å². The molecule has 0 saturated carbocycles. The molecule has 0 aliphatic carbocycles. The molecule has 0 unspecified atom stereocenters. The maximum atomic E-state index is 11.8. The Hall–Kier alpha value is -6.75. The summed E-state index contributed by atoms with van der Waals surface area (Å²) in [5, 5.41) is 12.4. The highest BCUT2D eigenvalue weighted by Crippen LogP contribution is 2.35. The zero-order chi connectivity index (χ0) is 42.6. The molecule has 304 valence electrons. The fourth-order valence-electron chi connectivity index (χ4n) is 6.51. The van der Waals surface area contributed by atoms with Gasteiger partial charge in [0.15, 0.2) is 5.65 Å². The number of amides is 6. The number of nitrogens with zero attached hydrogens (tertiary/aromatic N) is 6. The quantitative estimate of drug-likeness (QED) is 0.121. The Balaban J connectivity index is 0.000000147.